The zero-order chi connectivity index (χ0) is 19.4. The lowest BCUT2D eigenvalue weighted by Gasteiger charge is -2.35. The molecule has 7 heteroatoms. The van der Waals surface area contributed by atoms with Gasteiger partial charge in [0, 0.05) is 43.1 Å². The van der Waals surface area contributed by atoms with Gasteiger partial charge in [-0.25, -0.2) is 0 Å². The van der Waals surface area contributed by atoms with E-state index in [1.165, 1.54) is 30.0 Å². The van der Waals surface area contributed by atoms with Crippen molar-refractivity contribution in [2.75, 3.05) is 43.4 Å². The molecule has 3 rings (SSSR count). The first-order valence-corrected chi connectivity index (χ1v) is 8.83. The minimum atomic E-state index is -2.88. The molecule has 0 unspecified atom stereocenters. The molecule has 1 N–H and O–H groups in total. The Bertz CT molecular complexity index is 788. The number of ether oxygens (including phenoxy) is 1. The van der Waals surface area contributed by atoms with Gasteiger partial charge in [0.25, 0.3) is 5.91 Å². The number of rotatable bonds is 5. The van der Waals surface area contributed by atoms with Crippen molar-refractivity contribution in [3.8, 4) is 5.75 Å². The number of piperazine rings is 1. The zero-order valence-electron chi connectivity index (χ0n) is 15.4. The third-order valence-corrected chi connectivity index (χ3v) is 4.64. The molecule has 2 aromatic carbocycles. The van der Waals surface area contributed by atoms with Crippen LogP contribution in [0, 0.1) is 6.92 Å². The Morgan fingerprint density at radius 2 is 1.74 bits per heavy atom. The molecule has 0 spiro atoms. The summed E-state index contributed by atoms with van der Waals surface area (Å²) in [5, 5.41) is 2.84. The van der Waals surface area contributed by atoms with Crippen LogP contribution in [0.2, 0.25) is 0 Å². The third-order valence-electron chi connectivity index (χ3n) is 4.64. The molecule has 0 aromatic heterocycles. The molecule has 1 amide bonds. The number of likely N-dealkylation sites (N-methyl/N-ethyl adjacent to an activating group) is 1. The van der Waals surface area contributed by atoms with Crippen molar-refractivity contribution in [3.05, 3.63) is 53.6 Å². The van der Waals surface area contributed by atoms with Crippen LogP contribution >= 0.6 is 0 Å². The van der Waals surface area contributed by atoms with Gasteiger partial charge in [0.05, 0.1) is 0 Å². The number of nitrogens with zero attached hydrogens (tertiary/aromatic N) is 2. The second kappa shape index (κ2) is 8.35. The second-order valence-electron chi connectivity index (χ2n) is 6.65. The highest BCUT2D eigenvalue weighted by atomic mass is 19.3. The van der Waals surface area contributed by atoms with E-state index in [9.17, 15) is 13.6 Å². The summed E-state index contributed by atoms with van der Waals surface area (Å²) in [4.78, 5) is 17.0. The lowest BCUT2D eigenvalue weighted by atomic mass is 10.1. The van der Waals surface area contributed by atoms with E-state index in [4.69, 9.17) is 0 Å². The van der Waals surface area contributed by atoms with Crippen LogP contribution in [-0.2, 0) is 0 Å². The van der Waals surface area contributed by atoms with Crippen LogP contribution in [0.15, 0.2) is 42.5 Å². The van der Waals surface area contributed by atoms with Gasteiger partial charge >= 0.3 is 6.61 Å². The molecule has 1 aliphatic rings. The van der Waals surface area contributed by atoms with Crippen molar-refractivity contribution in [3.63, 3.8) is 0 Å². The van der Waals surface area contributed by atoms with E-state index in [2.05, 4.69) is 26.9 Å². The number of carbonyl (C=O) groups excluding carboxylic acids is 1. The lowest BCUT2D eigenvalue weighted by Crippen LogP contribution is -2.44. The number of amides is 1. The SMILES string of the molecule is Cc1cc(NC(=O)c2ccc(OC(F)F)cc2)ccc1N1CCN(C)CC1. The Kier molecular flexibility index (Phi) is 5.91. The van der Waals surface area contributed by atoms with E-state index in [0.29, 0.717) is 11.3 Å². The van der Waals surface area contributed by atoms with Crippen LogP contribution in [0.1, 0.15) is 15.9 Å². The fraction of sp³-hybridized carbons (Fsp3) is 0.350. The zero-order valence-corrected chi connectivity index (χ0v) is 15.4. The first kappa shape index (κ1) is 19.1. The molecule has 1 saturated heterocycles. The Labute approximate surface area is 157 Å². The molecule has 5 nitrogen and oxygen atoms in total. The highest BCUT2D eigenvalue weighted by Gasteiger charge is 2.16. The van der Waals surface area contributed by atoms with E-state index in [0.717, 1.165) is 31.7 Å². The molecule has 27 heavy (non-hydrogen) atoms. The molecule has 1 heterocycles. The van der Waals surface area contributed by atoms with Gasteiger partial charge in [-0.15, -0.1) is 0 Å². The maximum Gasteiger partial charge on any atom is 0.387 e. The number of alkyl halides is 2. The molecule has 1 fully saturated rings. The van der Waals surface area contributed by atoms with Gasteiger partial charge in [-0.3, -0.25) is 4.79 Å². The molecule has 0 aliphatic carbocycles. The molecule has 0 radical (unpaired) electrons. The number of aryl methyl sites for hydroxylation is 1. The molecule has 0 atom stereocenters. The summed E-state index contributed by atoms with van der Waals surface area (Å²) in [5.41, 5.74) is 3.34. The minimum Gasteiger partial charge on any atom is -0.435 e. The van der Waals surface area contributed by atoms with E-state index >= 15 is 0 Å². The van der Waals surface area contributed by atoms with Gasteiger partial charge in [-0.1, -0.05) is 0 Å². The van der Waals surface area contributed by atoms with Gasteiger partial charge in [-0.05, 0) is 62.0 Å². The molecular weight excluding hydrogens is 352 g/mol. The summed E-state index contributed by atoms with van der Waals surface area (Å²) in [7, 11) is 2.12. The number of anilines is 2. The van der Waals surface area contributed by atoms with E-state index in [1.807, 2.05) is 25.1 Å². The molecule has 2 aromatic rings. The topological polar surface area (TPSA) is 44.8 Å². The largest absolute Gasteiger partial charge is 0.435 e. The van der Waals surface area contributed by atoms with Gasteiger partial charge in [-0.2, -0.15) is 8.78 Å². The van der Waals surface area contributed by atoms with Crippen LogP contribution < -0.4 is 15.0 Å². The predicted molar refractivity (Wildman–Crippen MR) is 102 cm³/mol. The van der Waals surface area contributed by atoms with E-state index in [-0.39, 0.29) is 11.7 Å². The Morgan fingerprint density at radius 1 is 1.07 bits per heavy atom. The van der Waals surface area contributed by atoms with Gasteiger partial charge < -0.3 is 19.9 Å². The third kappa shape index (κ3) is 4.95. The van der Waals surface area contributed by atoms with Crippen LogP contribution in [0.3, 0.4) is 0 Å². The average molecular weight is 375 g/mol. The number of nitrogens with one attached hydrogen (secondary N) is 1. The first-order valence-electron chi connectivity index (χ1n) is 8.83. The van der Waals surface area contributed by atoms with E-state index in [1.54, 1.807) is 0 Å². The first-order chi connectivity index (χ1) is 12.9. The highest BCUT2D eigenvalue weighted by molar-refractivity contribution is 6.04. The number of benzene rings is 2. The summed E-state index contributed by atoms with van der Waals surface area (Å²) in [5.74, 6) is -0.278. The summed E-state index contributed by atoms with van der Waals surface area (Å²) < 4.78 is 28.7. The Morgan fingerprint density at radius 3 is 2.33 bits per heavy atom. The normalized spacial score (nSPS) is 15.1. The van der Waals surface area contributed by atoms with Crippen molar-refractivity contribution in [2.45, 2.75) is 13.5 Å². The average Bonchev–Trinajstić information content (AvgIpc) is 2.63. The van der Waals surface area contributed by atoms with Gasteiger partial charge in [0.1, 0.15) is 5.75 Å². The standard InChI is InChI=1S/C20H23F2N3O2/c1-14-13-16(5-8-18(14)25-11-9-24(2)10-12-25)23-19(26)15-3-6-17(7-4-15)27-20(21)22/h3-8,13,20H,9-12H2,1-2H3,(H,23,26). The quantitative estimate of drug-likeness (QED) is 0.867. The molecule has 0 saturated carbocycles. The number of hydrogen-bond acceptors (Lipinski definition) is 4. The smallest absolute Gasteiger partial charge is 0.387 e. The number of hydrogen-bond donors (Lipinski definition) is 1. The minimum absolute atomic E-state index is 0.0222. The fourth-order valence-electron chi connectivity index (χ4n) is 3.13. The molecular formula is C20H23F2N3O2. The van der Waals surface area contributed by atoms with Crippen molar-refractivity contribution in [2.24, 2.45) is 0 Å². The second-order valence-corrected chi connectivity index (χ2v) is 6.65. The van der Waals surface area contributed by atoms with Crippen LogP contribution in [0.5, 0.6) is 5.75 Å². The maximum atomic E-state index is 12.4. The predicted octanol–water partition coefficient (Wildman–Crippen LogP) is 3.60. The Hall–Kier alpha value is -2.67. The summed E-state index contributed by atoms with van der Waals surface area (Å²) in [6.07, 6.45) is 0. The molecule has 144 valence electrons. The monoisotopic (exact) mass is 375 g/mol. The Balaban J connectivity index is 1.65. The summed E-state index contributed by atoms with van der Waals surface area (Å²) in [6.45, 7) is 3.17. The van der Waals surface area contributed by atoms with Crippen molar-refractivity contribution in [1.82, 2.24) is 4.90 Å². The van der Waals surface area contributed by atoms with Crippen LogP contribution in [0.25, 0.3) is 0 Å². The van der Waals surface area contributed by atoms with Crippen molar-refractivity contribution >= 4 is 17.3 Å². The van der Waals surface area contributed by atoms with Gasteiger partial charge in [0.15, 0.2) is 0 Å². The van der Waals surface area contributed by atoms with Crippen molar-refractivity contribution < 1.29 is 18.3 Å². The van der Waals surface area contributed by atoms with Gasteiger partial charge in [0.2, 0.25) is 0 Å². The highest BCUT2D eigenvalue weighted by Crippen LogP contribution is 2.25. The summed E-state index contributed by atoms with van der Waals surface area (Å²) in [6, 6.07) is 11.5. The molecule has 0 bridgehead atoms. The number of halogens is 2. The van der Waals surface area contributed by atoms with E-state index < -0.39 is 6.61 Å². The summed E-state index contributed by atoms with van der Waals surface area (Å²) >= 11 is 0. The van der Waals surface area contributed by atoms with Crippen LogP contribution in [-0.4, -0.2) is 50.6 Å². The van der Waals surface area contributed by atoms with Crippen LogP contribution in [0.4, 0.5) is 20.2 Å². The number of carbonyl (C=O) groups is 1. The van der Waals surface area contributed by atoms with Crippen molar-refractivity contribution in [1.29, 1.82) is 0 Å². The molecule has 1 aliphatic heterocycles. The lowest BCUT2D eigenvalue weighted by molar-refractivity contribution is -0.0498. The maximum absolute atomic E-state index is 12.4. The fourth-order valence-corrected chi connectivity index (χ4v) is 3.13.